The highest BCUT2D eigenvalue weighted by Crippen LogP contribution is 2.52. The maximum absolute atomic E-state index is 12.5. The average Bonchev–Trinajstić information content (AvgIpc) is 2.96. The van der Waals surface area contributed by atoms with Crippen LogP contribution in [-0.4, -0.2) is 15.3 Å². The lowest BCUT2D eigenvalue weighted by atomic mass is 9.54. The number of hydrogen-bond donors (Lipinski definition) is 0. The lowest BCUT2D eigenvalue weighted by Gasteiger charge is -2.48. The number of benzene rings is 1. The molecule has 0 spiro atoms. The van der Waals surface area contributed by atoms with E-state index >= 15 is 0 Å². The van der Waals surface area contributed by atoms with Crippen molar-refractivity contribution in [2.45, 2.75) is 38.5 Å². The van der Waals surface area contributed by atoms with E-state index in [1.54, 1.807) is 0 Å². The summed E-state index contributed by atoms with van der Waals surface area (Å²) in [5.74, 6) is -0.252. The van der Waals surface area contributed by atoms with Crippen molar-refractivity contribution < 1.29 is 4.79 Å². The Hall–Kier alpha value is -1.93. The fourth-order valence-corrected chi connectivity index (χ4v) is 5.53. The van der Waals surface area contributed by atoms with Crippen LogP contribution in [0.5, 0.6) is 0 Å². The monoisotopic (exact) mass is 397 g/mol. The molecule has 1 unspecified atom stereocenters. The van der Waals surface area contributed by atoms with Gasteiger partial charge in [0, 0.05) is 22.7 Å². The molecular weight excluding hydrogens is 378 g/mol. The molecule has 128 valence electrons. The van der Waals surface area contributed by atoms with Gasteiger partial charge in [-0.15, -0.1) is 0 Å². The molecule has 1 saturated carbocycles. The Labute approximate surface area is 156 Å². The smallest absolute Gasteiger partial charge is 0.182 e. The van der Waals surface area contributed by atoms with Gasteiger partial charge in [-0.1, -0.05) is 32.0 Å². The van der Waals surface area contributed by atoms with E-state index in [1.165, 1.54) is 5.69 Å². The summed E-state index contributed by atoms with van der Waals surface area (Å²) in [7, 11) is 0. The number of aromatic nitrogens is 2. The van der Waals surface area contributed by atoms with Crippen molar-refractivity contribution in [3.8, 4) is 11.8 Å². The van der Waals surface area contributed by atoms with E-state index < -0.39 is 5.92 Å². The van der Waals surface area contributed by atoms with Crippen LogP contribution in [0, 0.1) is 29.1 Å². The quantitative estimate of drug-likeness (QED) is 0.723. The van der Waals surface area contributed by atoms with Gasteiger partial charge in [0.1, 0.15) is 5.92 Å². The zero-order valence-corrected chi connectivity index (χ0v) is 16.0. The van der Waals surface area contributed by atoms with E-state index in [0.29, 0.717) is 6.42 Å². The van der Waals surface area contributed by atoms with Crippen molar-refractivity contribution in [3.63, 3.8) is 0 Å². The molecule has 1 heterocycles. The second-order valence-electron chi connectivity index (χ2n) is 7.49. The minimum Gasteiger partial charge on any atom is -0.298 e. The van der Waals surface area contributed by atoms with Crippen LogP contribution >= 0.6 is 15.9 Å². The maximum Gasteiger partial charge on any atom is 0.182 e. The molecular formula is C20H20BrN3O. The molecule has 2 aliphatic rings. The summed E-state index contributed by atoms with van der Waals surface area (Å²) in [4.78, 5) is 17.4. The first-order chi connectivity index (χ1) is 12.0. The molecule has 0 saturated heterocycles. The van der Waals surface area contributed by atoms with Crippen LogP contribution in [0.3, 0.4) is 0 Å². The summed E-state index contributed by atoms with van der Waals surface area (Å²) >= 11 is 3.63. The van der Waals surface area contributed by atoms with E-state index in [0.717, 1.165) is 29.0 Å². The van der Waals surface area contributed by atoms with Crippen molar-refractivity contribution in [2.75, 3.05) is 0 Å². The highest BCUT2D eigenvalue weighted by Gasteiger charge is 2.53. The Morgan fingerprint density at radius 2 is 2.08 bits per heavy atom. The number of carbonyl (C=O) groups excluding carboxylic acids is 1. The zero-order valence-electron chi connectivity index (χ0n) is 14.4. The molecule has 25 heavy (non-hydrogen) atoms. The predicted molar refractivity (Wildman–Crippen MR) is 98.3 cm³/mol. The van der Waals surface area contributed by atoms with E-state index in [-0.39, 0.29) is 23.0 Å². The summed E-state index contributed by atoms with van der Waals surface area (Å²) in [6.07, 6.45) is 2.43. The molecule has 4 atom stereocenters. The Morgan fingerprint density at radius 1 is 1.36 bits per heavy atom. The number of para-hydroxylation sites is 1. The van der Waals surface area contributed by atoms with Gasteiger partial charge in [-0.25, -0.2) is 4.98 Å². The molecule has 1 fully saturated rings. The fourth-order valence-electron chi connectivity index (χ4n) is 4.94. The van der Waals surface area contributed by atoms with Crippen LogP contribution in [0.4, 0.5) is 0 Å². The number of imidazole rings is 1. The largest absolute Gasteiger partial charge is 0.298 e. The number of halogens is 1. The molecule has 5 heteroatoms. The highest BCUT2D eigenvalue weighted by molar-refractivity contribution is 9.10. The van der Waals surface area contributed by atoms with Crippen LogP contribution < -0.4 is 0 Å². The van der Waals surface area contributed by atoms with Gasteiger partial charge in [0.25, 0.3) is 0 Å². The summed E-state index contributed by atoms with van der Waals surface area (Å²) in [5, 5.41) is 9.46. The number of hydrogen-bond acceptors (Lipinski definition) is 3. The van der Waals surface area contributed by atoms with Gasteiger partial charge in [-0.2, -0.15) is 5.26 Å². The number of Topliss-reactive ketones (excluding diaryl/α,β-unsaturated/α-hetero) is 1. The van der Waals surface area contributed by atoms with Crippen LogP contribution in [0.1, 0.15) is 38.1 Å². The van der Waals surface area contributed by atoms with E-state index in [4.69, 9.17) is 4.98 Å². The molecule has 1 aromatic heterocycles. The summed E-state index contributed by atoms with van der Waals surface area (Å²) < 4.78 is 2.96. The van der Waals surface area contributed by atoms with Gasteiger partial charge in [0.15, 0.2) is 10.5 Å². The first-order valence-corrected chi connectivity index (χ1v) is 9.53. The maximum atomic E-state index is 12.5. The van der Waals surface area contributed by atoms with Crippen LogP contribution in [0.25, 0.3) is 5.69 Å². The van der Waals surface area contributed by atoms with Gasteiger partial charge >= 0.3 is 0 Å². The van der Waals surface area contributed by atoms with Crippen LogP contribution in [0.15, 0.2) is 35.1 Å². The third kappa shape index (κ3) is 2.31. The zero-order chi connectivity index (χ0) is 17.8. The van der Waals surface area contributed by atoms with Crippen molar-refractivity contribution in [3.05, 3.63) is 46.5 Å². The van der Waals surface area contributed by atoms with Crippen LogP contribution in [0.2, 0.25) is 0 Å². The number of nitrogens with zero attached hydrogens (tertiary/aromatic N) is 3. The summed E-state index contributed by atoms with van der Waals surface area (Å²) in [6.45, 7) is 4.18. The molecule has 1 aromatic carbocycles. The second-order valence-corrected chi connectivity index (χ2v) is 8.20. The van der Waals surface area contributed by atoms with Crippen molar-refractivity contribution in [1.82, 2.24) is 9.55 Å². The third-order valence-corrected chi connectivity index (χ3v) is 6.71. The molecule has 0 aliphatic heterocycles. The number of nitriles is 1. The first-order valence-electron chi connectivity index (χ1n) is 8.73. The standard InChI is InChI=1S/C20H20BrN3O/c1-12-15-8-9-16-18(20(15,2)10-13(11-22)17(12)25)23-19(21)24(16)14-6-4-3-5-7-14/h3-7,12-13,15H,8-10H2,1-2H3/t12-,13?,15-,20-/m0/s1. The molecule has 0 N–H and O–H groups in total. The summed E-state index contributed by atoms with van der Waals surface area (Å²) in [5.41, 5.74) is 3.11. The van der Waals surface area contributed by atoms with Crippen molar-refractivity contribution in [2.24, 2.45) is 17.8 Å². The number of ketones is 1. The molecule has 0 radical (unpaired) electrons. The minimum absolute atomic E-state index is 0.0859. The van der Waals surface area contributed by atoms with Crippen molar-refractivity contribution in [1.29, 1.82) is 5.26 Å². The number of rotatable bonds is 1. The number of fused-ring (bicyclic) bond motifs is 3. The lowest BCUT2D eigenvalue weighted by molar-refractivity contribution is -0.132. The topological polar surface area (TPSA) is 58.7 Å². The Balaban J connectivity index is 1.87. The lowest BCUT2D eigenvalue weighted by Crippen LogP contribution is -2.50. The second kappa shape index (κ2) is 5.81. The molecule has 2 aliphatic carbocycles. The van der Waals surface area contributed by atoms with Gasteiger partial charge in [0.2, 0.25) is 0 Å². The first kappa shape index (κ1) is 16.5. The summed E-state index contributed by atoms with van der Waals surface area (Å²) in [6, 6.07) is 12.4. The molecule has 0 bridgehead atoms. The average molecular weight is 398 g/mol. The molecule has 4 rings (SSSR count). The molecule has 2 aromatic rings. The third-order valence-electron chi connectivity index (χ3n) is 6.18. The normalized spacial score (nSPS) is 31.1. The van der Waals surface area contributed by atoms with Gasteiger partial charge in [-0.05, 0) is 53.2 Å². The fraction of sp³-hybridized carbons (Fsp3) is 0.450. The van der Waals surface area contributed by atoms with E-state index in [2.05, 4.69) is 45.6 Å². The Kier molecular flexibility index (Phi) is 3.84. The Morgan fingerprint density at radius 3 is 2.76 bits per heavy atom. The van der Waals surface area contributed by atoms with E-state index in [1.807, 2.05) is 25.1 Å². The van der Waals surface area contributed by atoms with Gasteiger partial charge < -0.3 is 0 Å². The SMILES string of the molecule is C[C@@H]1C(=O)C(C#N)C[C@]2(C)c3nc(Br)n(-c4ccccc4)c3CC[C@@H]12. The van der Waals surface area contributed by atoms with Crippen molar-refractivity contribution >= 4 is 21.7 Å². The van der Waals surface area contributed by atoms with E-state index in [9.17, 15) is 10.1 Å². The molecule has 0 amide bonds. The predicted octanol–water partition coefficient (Wildman–Crippen LogP) is 4.20. The van der Waals surface area contributed by atoms with Crippen LogP contribution in [-0.2, 0) is 16.6 Å². The highest BCUT2D eigenvalue weighted by atomic mass is 79.9. The molecule has 4 nitrogen and oxygen atoms in total. The minimum atomic E-state index is -0.525. The Bertz CT molecular complexity index is 882. The number of carbonyl (C=O) groups is 1. The van der Waals surface area contributed by atoms with Gasteiger partial charge in [0.05, 0.1) is 11.8 Å². The van der Waals surface area contributed by atoms with Gasteiger partial charge in [-0.3, -0.25) is 9.36 Å².